The lowest BCUT2D eigenvalue weighted by Crippen LogP contribution is -2.11. The fraction of sp³-hybridized carbons (Fsp3) is 0.333. The van der Waals surface area contributed by atoms with Crippen LogP contribution >= 0.6 is 23.2 Å². The highest BCUT2D eigenvalue weighted by Gasteiger charge is 2.24. The molecule has 0 amide bonds. The van der Waals surface area contributed by atoms with Crippen LogP contribution in [0.2, 0.25) is 5.15 Å². The number of esters is 1. The summed E-state index contributed by atoms with van der Waals surface area (Å²) in [4.78, 5) is 14.7. The summed E-state index contributed by atoms with van der Waals surface area (Å²) in [6.45, 7) is 0. The standard InChI is InChI=1S/C9H7Cl2F2NO2/c1-16-9(15)6-4(3-10)2-5(11)14-7(6)8(12)13/h2,8H,3H2,1H3. The second kappa shape index (κ2) is 5.41. The molecule has 0 unspecified atom stereocenters. The SMILES string of the molecule is COC(=O)c1c(CCl)cc(Cl)nc1C(F)F. The number of aromatic nitrogens is 1. The molecule has 0 radical (unpaired) electrons. The topological polar surface area (TPSA) is 39.2 Å². The Hall–Kier alpha value is -0.940. The van der Waals surface area contributed by atoms with Crippen molar-refractivity contribution in [2.24, 2.45) is 0 Å². The molecule has 0 aliphatic heterocycles. The lowest BCUT2D eigenvalue weighted by Gasteiger charge is -2.10. The molecule has 7 heteroatoms. The smallest absolute Gasteiger partial charge is 0.340 e. The number of hydrogen-bond donors (Lipinski definition) is 0. The van der Waals surface area contributed by atoms with Crippen LogP contribution in [0, 0.1) is 0 Å². The molecule has 16 heavy (non-hydrogen) atoms. The summed E-state index contributed by atoms with van der Waals surface area (Å²) in [5.74, 6) is -1.04. The molecule has 1 aromatic rings. The Morgan fingerprint density at radius 2 is 2.25 bits per heavy atom. The van der Waals surface area contributed by atoms with E-state index in [1.54, 1.807) is 0 Å². The first-order chi connectivity index (χ1) is 7.51. The van der Waals surface area contributed by atoms with Gasteiger partial charge in [-0.05, 0) is 11.6 Å². The third-order valence-electron chi connectivity index (χ3n) is 1.84. The highest BCUT2D eigenvalue weighted by molar-refractivity contribution is 6.29. The van der Waals surface area contributed by atoms with Crippen LogP contribution in [0.25, 0.3) is 0 Å². The first-order valence-corrected chi connectivity index (χ1v) is 5.04. The van der Waals surface area contributed by atoms with Gasteiger partial charge in [-0.2, -0.15) is 0 Å². The maximum atomic E-state index is 12.6. The van der Waals surface area contributed by atoms with Crippen molar-refractivity contribution in [3.05, 3.63) is 28.0 Å². The molecule has 0 aliphatic carbocycles. The predicted octanol–water partition coefficient (Wildman–Crippen LogP) is 3.20. The first-order valence-electron chi connectivity index (χ1n) is 4.13. The van der Waals surface area contributed by atoms with Crippen LogP contribution in [0.15, 0.2) is 6.07 Å². The van der Waals surface area contributed by atoms with E-state index in [-0.39, 0.29) is 22.2 Å². The van der Waals surface area contributed by atoms with Crippen LogP contribution in [-0.4, -0.2) is 18.1 Å². The molecule has 0 fully saturated rings. The molecular formula is C9H7Cl2F2NO2. The molecule has 1 heterocycles. The van der Waals surface area contributed by atoms with E-state index in [1.165, 1.54) is 6.07 Å². The third-order valence-corrected chi connectivity index (χ3v) is 2.32. The molecule has 1 rings (SSSR count). The van der Waals surface area contributed by atoms with Gasteiger partial charge in [0.05, 0.1) is 12.7 Å². The van der Waals surface area contributed by atoms with Crippen LogP contribution in [-0.2, 0) is 10.6 Å². The van der Waals surface area contributed by atoms with E-state index in [0.717, 1.165) is 7.11 Å². The Labute approximate surface area is 100 Å². The average Bonchev–Trinajstić information content (AvgIpc) is 2.26. The Morgan fingerprint density at radius 1 is 1.62 bits per heavy atom. The lowest BCUT2D eigenvalue weighted by molar-refractivity contribution is 0.0586. The third kappa shape index (κ3) is 2.59. The highest BCUT2D eigenvalue weighted by Crippen LogP contribution is 2.27. The van der Waals surface area contributed by atoms with Gasteiger partial charge in [-0.15, -0.1) is 11.6 Å². The van der Waals surface area contributed by atoms with Crippen LogP contribution < -0.4 is 0 Å². The summed E-state index contributed by atoms with van der Waals surface area (Å²) in [6.07, 6.45) is -2.92. The summed E-state index contributed by atoms with van der Waals surface area (Å²) in [5.41, 5.74) is -0.865. The zero-order valence-electron chi connectivity index (χ0n) is 8.14. The van der Waals surface area contributed by atoms with E-state index >= 15 is 0 Å². The maximum Gasteiger partial charge on any atom is 0.340 e. The van der Waals surface area contributed by atoms with Crippen molar-refractivity contribution in [2.45, 2.75) is 12.3 Å². The minimum Gasteiger partial charge on any atom is -0.465 e. The van der Waals surface area contributed by atoms with Crippen molar-refractivity contribution in [1.82, 2.24) is 4.98 Å². The van der Waals surface area contributed by atoms with Crippen LogP contribution in [0.5, 0.6) is 0 Å². The number of rotatable bonds is 3. The van der Waals surface area contributed by atoms with Gasteiger partial charge in [-0.3, -0.25) is 0 Å². The van der Waals surface area contributed by atoms with Crippen LogP contribution in [0.4, 0.5) is 8.78 Å². The van der Waals surface area contributed by atoms with Crippen molar-refractivity contribution in [3.8, 4) is 0 Å². The quantitative estimate of drug-likeness (QED) is 0.481. The molecule has 0 N–H and O–H groups in total. The predicted molar refractivity (Wildman–Crippen MR) is 55.1 cm³/mol. The van der Waals surface area contributed by atoms with Gasteiger partial charge in [0, 0.05) is 5.88 Å². The highest BCUT2D eigenvalue weighted by atomic mass is 35.5. The molecule has 0 atom stereocenters. The van der Waals surface area contributed by atoms with E-state index < -0.39 is 18.1 Å². The number of halogens is 4. The number of carbonyl (C=O) groups is 1. The van der Waals surface area contributed by atoms with E-state index in [4.69, 9.17) is 23.2 Å². The molecule has 0 saturated heterocycles. The van der Waals surface area contributed by atoms with Gasteiger partial charge >= 0.3 is 5.97 Å². The molecule has 1 aromatic heterocycles. The Kier molecular flexibility index (Phi) is 4.44. The molecular weight excluding hydrogens is 263 g/mol. The fourth-order valence-corrected chi connectivity index (χ4v) is 1.62. The summed E-state index contributed by atoms with van der Waals surface area (Å²) >= 11 is 11.1. The number of nitrogens with zero attached hydrogens (tertiary/aromatic N) is 1. The van der Waals surface area contributed by atoms with E-state index in [0.29, 0.717) is 0 Å². The maximum absolute atomic E-state index is 12.6. The van der Waals surface area contributed by atoms with Gasteiger partial charge in [0.2, 0.25) is 0 Å². The fourth-order valence-electron chi connectivity index (χ4n) is 1.18. The number of methoxy groups -OCH3 is 1. The second-order valence-electron chi connectivity index (χ2n) is 2.79. The van der Waals surface area contributed by atoms with Gasteiger partial charge < -0.3 is 4.74 Å². The largest absolute Gasteiger partial charge is 0.465 e. The van der Waals surface area contributed by atoms with E-state index in [2.05, 4.69) is 9.72 Å². The summed E-state index contributed by atoms with van der Waals surface area (Å²) in [5, 5.41) is -0.140. The van der Waals surface area contributed by atoms with E-state index in [9.17, 15) is 13.6 Å². The average molecular weight is 270 g/mol. The van der Waals surface area contributed by atoms with Crippen LogP contribution in [0.3, 0.4) is 0 Å². The summed E-state index contributed by atoms with van der Waals surface area (Å²) in [7, 11) is 1.09. The summed E-state index contributed by atoms with van der Waals surface area (Å²) < 4.78 is 29.7. The second-order valence-corrected chi connectivity index (χ2v) is 3.44. The number of carbonyl (C=O) groups excluding carboxylic acids is 1. The molecule has 0 bridgehead atoms. The Balaban J connectivity index is 3.45. The van der Waals surface area contributed by atoms with Crippen molar-refractivity contribution in [3.63, 3.8) is 0 Å². The van der Waals surface area contributed by atoms with Crippen molar-refractivity contribution in [2.75, 3.05) is 7.11 Å². The normalized spacial score (nSPS) is 10.6. The Morgan fingerprint density at radius 3 is 2.69 bits per heavy atom. The van der Waals surface area contributed by atoms with Gasteiger partial charge in [-0.1, -0.05) is 11.6 Å². The van der Waals surface area contributed by atoms with E-state index in [1.807, 2.05) is 0 Å². The number of ether oxygens (including phenoxy) is 1. The number of hydrogen-bond acceptors (Lipinski definition) is 3. The van der Waals surface area contributed by atoms with Crippen LogP contribution in [0.1, 0.15) is 28.0 Å². The molecule has 0 aromatic carbocycles. The minimum absolute atomic E-state index is 0.133. The molecule has 88 valence electrons. The van der Waals surface area contributed by atoms with Gasteiger partial charge in [0.1, 0.15) is 10.8 Å². The number of alkyl halides is 3. The zero-order valence-corrected chi connectivity index (χ0v) is 9.65. The monoisotopic (exact) mass is 269 g/mol. The van der Waals surface area contributed by atoms with Gasteiger partial charge in [-0.25, -0.2) is 18.6 Å². The minimum atomic E-state index is -2.92. The molecule has 0 aliphatic rings. The van der Waals surface area contributed by atoms with Crippen molar-refractivity contribution in [1.29, 1.82) is 0 Å². The lowest BCUT2D eigenvalue weighted by atomic mass is 10.1. The van der Waals surface area contributed by atoms with Gasteiger partial charge in [0.15, 0.2) is 0 Å². The van der Waals surface area contributed by atoms with Crippen molar-refractivity contribution < 1.29 is 18.3 Å². The first kappa shape index (κ1) is 13.1. The molecule has 3 nitrogen and oxygen atoms in total. The number of pyridine rings is 1. The zero-order chi connectivity index (χ0) is 12.3. The Bertz CT molecular complexity index is 413. The van der Waals surface area contributed by atoms with Crippen molar-refractivity contribution >= 4 is 29.2 Å². The molecule has 0 spiro atoms. The summed E-state index contributed by atoms with van der Waals surface area (Å²) in [6, 6.07) is 1.26. The van der Waals surface area contributed by atoms with Gasteiger partial charge in [0.25, 0.3) is 6.43 Å². The molecule has 0 saturated carbocycles.